The second kappa shape index (κ2) is 8.61. The molecule has 0 fully saturated rings. The van der Waals surface area contributed by atoms with Crippen molar-refractivity contribution >= 4 is 27.8 Å². The molecule has 0 bridgehead atoms. The van der Waals surface area contributed by atoms with E-state index < -0.39 is 17.9 Å². The minimum atomic E-state index is -0.848. The van der Waals surface area contributed by atoms with Gasteiger partial charge in [0.15, 0.2) is 6.10 Å². The highest BCUT2D eigenvalue weighted by Gasteiger charge is 2.15. The molecular weight excluding hydrogens is 345 g/mol. The predicted molar refractivity (Wildman–Crippen MR) is 78.7 cm³/mol. The number of carboxylic acids is 1. The van der Waals surface area contributed by atoms with E-state index in [0.29, 0.717) is 29.6 Å². The lowest BCUT2D eigenvalue weighted by Gasteiger charge is -2.15. The standard InChI is InChI=1S/C14H17BrFNO4/c1-9(14(20)17-7-3-2-4-13(18)19)21-12-6-5-10(16)8-11(12)15/h5-6,8-9H,2-4,7H2,1H3,(H,17,20)(H,18,19). The Hall–Kier alpha value is -1.63. The van der Waals surface area contributed by atoms with Crippen LogP contribution in [0.15, 0.2) is 22.7 Å². The number of benzene rings is 1. The fraction of sp³-hybridized carbons (Fsp3) is 0.429. The Morgan fingerprint density at radius 1 is 1.43 bits per heavy atom. The summed E-state index contributed by atoms with van der Waals surface area (Å²) in [6.07, 6.45) is 0.454. The summed E-state index contributed by atoms with van der Waals surface area (Å²) in [5.41, 5.74) is 0. The number of aliphatic carboxylic acids is 1. The van der Waals surface area contributed by atoms with Gasteiger partial charge in [0, 0.05) is 13.0 Å². The van der Waals surface area contributed by atoms with Gasteiger partial charge in [-0.25, -0.2) is 4.39 Å². The van der Waals surface area contributed by atoms with E-state index >= 15 is 0 Å². The van der Waals surface area contributed by atoms with Crippen molar-refractivity contribution in [1.29, 1.82) is 0 Å². The van der Waals surface area contributed by atoms with Crippen LogP contribution in [-0.2, 0) is 9.59 Å². The summed E-state index contributed by atoms with van der Waals surface area (Å²) in [6, 6.07) is 3.94. The van der Waals surface area contributed by atoms with E-state index in [1.807, 2.05) is 0 Å². The van der Waals surface area contributed by atoms with E-state index in [1.165, 1.54) is 18.2 Å². The first kappa shape index (κ1) is 17.4. The van der Waals surface area contributed by atoms with E-state index in [9.17, 15) is 14.0 Å². The van der Waals surface area contributed by atoms with Crippen LogP contribution >= 0.6 is 15.9 Å². The van der Waals surface area contributed by atoms with Gasteiger partial charge in [-0.3, -0.25) is 9.59 Å². The monoisotopic (exact) mass is 361 g/mol. The number of nitrogens with one attached hydrogen (secondary N) is 1. The maximum Gasteiger partial charge on any atom is 0.303 e. The SMILES string of the molecule is CC(Oc1ccc(F)cc1Br)C(=O)NCCCCC(=O)O. The Kier molecular flexibility index (Phi) is 7.14. The molecule has 1 atom stereocenters. The average Bonchev–Trinajstić information content (AvgIpc) is 2.40. The lowest BCUT2D eigenvalue weighted by molar-refractivity contribution is -0.137. The minimum Gasteiger partial charge on any atom is -0.481 e. The first-order chi connectivity index (χ1) is 9.90. The molecule has 2 N–H and O–H groups in total. The summed E-state index contributed by atoms with van der Waals surface area (Å²) in [6.45, 7) is 1.98. The predicted octanol–water partition coefficient (Wildman–Crippen LogP) is 2.73. The molecule has 0 spiro atoms. The van der Waals surface area contributed by atoms with Crippen LogP contribution in [-0.4, -0.2) is 29.6 Å². The van der Waals surface area contributed by atoms with E-state index in [0.717, 1.165) is 0 Å². The highest BCUT2D eigenvalue weighted by atomic mass is 79.9. The molecule has 7 heteroatoms. The largest absolute Gasteiger partial charge is 0.481 e. The highest BCUT2D eigenvalue weighted by Crippen LogP contribution is 2.26. The third kappa shape index (κ3) is 6.57. The number of unbranched alkanes of at least 4 members (excludes halogenated alkanes) is 1. The molecule has 0 aliphatic carbocycles. The van der Waals surface area contributed by atoms with Crippen LogP contribution in [0.2, 0.25) is 0 Å². The molecule has 1 rings (SSSR count). The zero-order valence-corrected chi connectivity index (χ0v) is 13.2. The van der Waals surface area contributed by atoms with Crippen LogP contribution < -0.4 is 10.1 Å². The number of halogens is 2. The number of carboxylic acid groups (broad SMARTS) is 1. The second-order valence-corrected chi connectivity index (χ2v) is 5.33. The average molecular weight is 362 g/mol. The summed E-state index contributed by atoms with van der Waals surface area (Å²) in [5.74, 6) is -1.17. The third-order valence-corrected chi connectivity index (χ3v) is 3.30. The molecule has 21 heavy (non-hydrogen) atoms. The first-order valence-electron chi connectivity index (χ1n) is 6.51. The number of hydrogen-bond acceptors (Lipinski definition) is 3. The molecule has 0 heterocycles. The number of hydrogen-bond donors (Lipinski definition) is 2. The van der Waals surface area contributed by atoms with Crippen molar-refractivity contribution in [2.75, 3.05) is 6.54 Å². The Labute approximate surface area is 130 Å². The Morgan fingerprint density at radius 2 is 2.14 bits per heavy atom. The third-order valence-electron chi connectivity index (χ3n) is 2.68. The molecule has 1 aromatic carbocycles. The van der Waals surface area contributed by atoms with Gasteiger partial charge in [0.05, 0.1) is 4.47 Å². The van der Waals surface area contributed by atoms with Crippen LogP contribution in [0.1, 0.15) is 26.2 Å². The van der Waals surface area contributed by atoms with Crippen molar-refractivity contribution in [2.45, 2.75) is 32.3 Å². The maximum atomic E-state index is 12.9. The summed E-state index contributed by atoms with van der Waals surface area (Å²) >= 11 is 3.16. The fourth-order valence-electron chi connectivity index (χ4n) is 1.57. The normalized spacial score (nSPS) is 11.8. The highest BCUT2D eigenvalue weighted by molar-refractivity contribution is 9.10. The zero-order valence-electron chi connectivity index (χ0n) is 11.6. The van der Waals surface area contributed by atoms with Crippen LogP contribution in [0, 0.1) is 5.82 Å². The second-order valence-electron chi connectivity index (χ2n) is 4.48. The van der Waals surface area contributed by atoms with Crippen molar-refractivity contribution in [2.24, 2.45) is 0 Å². The molecule has 1 aromatic rings. The molecule has 5 nitrogen and oxygen atoms in total. The van der Waals surface area contributed by atoms with Gasteiger partial charge >= 0.3 is 5.97 Å². The van der Waals surface area contributed by atoms with Gasteiger partial charge < -0.3 is 15.2 Å². The van der Waals surface area contributed by atoms with Gasteiger partial charge in [0.1, 0.15) is 11.6 Å². The molecule has 0 saturated carbocycles. The molecular formula is C14H17BrFNO4. The maximum absolute atomic E-state index is 12.9. The molecule has 0 saturated heterocycles. The van der Waals surface area contributed by atoms with Gasteiger partial charge in [-0.15, -0.1) is 0 Å². The molecule has 0 aromatic heterocycles. The van der Waals surface area contributed by atoms with Crippen molar-refractivity contribution in [1.82, 2.24) is 5.32 Å². The number of carbonyl (C=O) groups excluding carboxylic acids is 1. The van der Waals surface area contributed by atoms with Gasteiger partial charge in [0.25, 0.3) is 5.91 Å². The topological polar surface area (TPSA) is 75.6 Å². The van der Waals surface area contributed by atoms with E-state index in [1.54, 1.807) is 6.92 Å². The first-order valence-corrected chi connectivity index (χ1v) is 7.30. The summed E-state index contributed by atoms with van der Waals surface area (Å²) in [4.78, 5) is 22.1. The van der Waals surface area contributed by atoms with Crippen LogP contribution in [0.3, 0.4) is 0 Å². The smallest absolute Gasteiger partial charge is 0.303 e. The number of rotatable bonds is 8. The van der Waals surface area contributed by atoms with Gasteiger partial charge in [-0.05, 0) is 53.9 Å². The van der Waals surface area contributed by atoms with Crippen molar-refractivity contribution in [3.8, 4) is 5.75 Å². The van der Waals surface area contributed by atoms with Crippen molar-refractivity contribution in [3.63, 3.8) is 0 Å². The summed E-state index contributed by atoms with van der Waals surface area (Å²) in [7, 11) is 0. The van der Waals surface area contributed by atoms with Crippen molar-refractivity contribution in [3.05, 3.63) is 28.5 Å². The zero-order chi connectivity index (χ0) is 15.8. The van der Waals surface area contributed by atoms with Crippen LogP contribution in [0.4, 0.5) is 4.39 Å². The summed E-state index contributed by atoms with van der Waals surface area (Å²) < 4.78 is 18.8. The quantitative estimate of drug-likeness (QED) is 0.698. The lowest BCUT2D eigenvalue weighted by atomic mass is 10.2. The molecule has 116 valence electrons. The number of amides is 1. The molecule has 1 unspecified atom stereocenters. The van der Waals surface area contributed by atoms with E-state index in [4.69, 9.17) is 9.84 Å². The van der Waals surface area contributed by atoms with Crippen LogP contribution in [0.5, 0.6) is 5.75 Å². The van der Waals surface area contributed by atoms with Crippen LogP contribution in [0.25, 0.3) is 0 Å². The van der Waals surface area contributed by atoms with Crippen molar-refractivity contribution < 1.29 is 23.8 Å². The van der Waals surface area contributed by atoms with Gasteiger partial charge in [-0.1, -0.05) is 0 Å². The van der Waals surface area contributed by atoms with Gasteiger partial charge in [-0.2, -0.15) is 0 Å². The number of carbonyl (C=O) groups is 2. The van der Waals surface area contributed by atoms with E-state index in [2.05, 4.69) is 21.2 Å². The molecule has 1 amide bonds. The molecule has 0 aliphatic heterocycles. The lowest BCUT2D eigenvalue weighted by Crippen LogP contribution is -2.36. The Balaban J connectivity index is 2.35. The Morgan fingerprint density at radius 3 is 2.76 bits per heavy atom. The number of ether oxygens (including phenoxy) is 1. The summed E-state index contributed by atoms with van der Waals surface area (Å²) in [5, 5.41) is 11.1. The van der Waals surface area contributed by atoms with Gasteiger partial charge in [0.2, 0.25) is 0 Å². The molecule has 0 radical (unpaired) electrons. The fourth-order valence-corrected chi connectivity index (χ4v) is 2.02. The van der Waals surface area contributed by atoms with E-state index in [-0.39, 0.29) is 12.3 Å². The minimum absolute atomic E-state index is 0.0877. The Bertz CT molecular complexity index is 510. The molecule has 0 aliphatic rings.